The highest BCUT2D eigenvalue weighted by Crippen LogP contribution is 2.22. The second kappa shape index (κ2) is 6.08. The fraction of sp³-hybridized carbons (Fsp3) is 0.278. The molecule has 0 N–H and O–H groups in total. The largest absolute Gasteiger partial charge is 0.489 e. The molecule has 0 unspecified atom stereocenters. The fourth-order valence-electron chi connectivity index (χ4n) is 1.88. The predicted octanol–water partition coefficient (Wildman–Crippen LogP) is 4.63. The minimum absolute atomic E-state index is 0.104. The molecular formula is C18H19FO2. The lowest BCUT2D eigenvalue weighted by molar-refractivity contribution is 0.0858. The molecule has 0 saturated heterocycles. The Bertz CT molecular complexity index is 607. The molecule has 3 heteroatoms. The first-order valence-electron chi connectivity index (χ1n) is 6.88. The lowest BCUT2D eigenvalue weighted by Gasteiger charge is -2.16. The Balaban J connectivity index is 2.00. The van der Waals surface area contributed by atoms with Crippen molar-refractivity contribution in [2.45, 2.75) is 27.4 Å². The Morgan fingerprint density at radius 3 is 2.10 bits per heavy atom. The molecule has 0 heterocycles. The van der Waals surface area contributed by atoms with Crippen molar-refractivity contribution in [3.63, 3.8) is 0 Å². The van der Waals surface area contributed by atoms with Gasteiger partial charge in [0.25, 0.3) is 0 Å². The van der Waals surface area contributed by atoms with Crippen LogP contribution in [0.4, 0.5) is 4.39 Å². The number of Topliss-reactive ketones (excluding diaryl/α,β-unsaturated/α-hetero) is 1. The number of ketones is 1. The van der Waals surface area contributed by atoms with Gasteiger partial charge in [0.1, 0.15) is 18.2 Å². The SMILES string of the molecule is CC(C)(C)C(=O)c1ccc(OCc2ccc(F)cc2)cc1. The molecule has 0 aromatic heterocycles. The van der Waals surface area contributed by atoms with Crippen molar-refractivity contribution in [1.29, 1.82) is 0 Å². The topological polar surface area (TPSA) is 26.3 Å². The van der Waals surface area contributed by atoms with Gasteiger partial charge in [-0.05, 0) is 42.0 Å². The van der Waals surface area contributed by atoms with E-state index in [1.165, 1.54) is 12.1 Å². The third-order valence-corrected chi connectivity index (χ3v) is 3.12. The number of benzene rings is 2. The molecule has 110 valence electrons. The summed E-state index contributed by atoms with van der Waals surface area (Å²) in [5, 5.41) is 0. The summed E-state index contributed by atoms with van der Waals surface area (Å²) < 4.78 is 18.4. The van der Waals surface area contributed by atoms with Gasteiger partial charge in [0.2, 0.25) is 0 Å². The first-order valence-corrected chi connectivity index (χ1v) is 6.88. The van der Waals surface area contributed by atoms with Gasteiger partial charge in [0.05, 0.1) is 0 Å². The minimum atomic E-state index is -0.392. The third-order valence-electron chi connectivity index (χ3n) is 3.12. The van der Waals surface area contributed by atoms with Gasteiger partial charge in [-0.15, -0.1) is 0 Å². The van der Waals surface area contributed by atoms with Crippen molar-refractivity contribution in [3.05, 3.63) is 65.5 Å². The molecular weight excluding hydrogens is 267 g/mol. The van der Waals surface area contributed by atoms with E-state index in [1.807, 2.05) is 20.8 Å². The van der Waals surface area contributed by atoms with Crippen LogP contribution in [0.3, 0.4) is 0 Å². The minimum Gasteiger partial charge on any atom is -0.489 e. The average Bonchev–Trinajstić information content (AvgIpc) is 2.45. The van der Waals surface area contributed by atoms with Crippen LogP contribution in [0.1, 0.15) is 36.7 Å². The Morgan fingerprint density at radius 2 is 1.57 bits per heavy atom. The van der Waals surface area contributed by atoms with Crippen LogP contribution in [0, 0.1) is 11.2 Å². The van der Waals surface area contributed by atoms with Crippen molar-refractivity contribution >= 4 is 5.78 Å². The molecule has 2 nitrogen and oxygen atoms in total. The molecule has 0 atom stereocenters. The molecule has 0 aliphatic carbocycles. The lowest BCUT2D eigenvalue weighted by Crippen LogP contribution is -2.19. The van der Waals surface area contributed by atoms with E-state index in [9.17, 15) is 9.18 Å². The van der Waals surface area contributed by atoms with Gasteiger partial charge in [0.15, 0.2) is 5.78 Å². The smallest absolute Gasteiger partial charge is 0.168 e. The van der Waals surface area contributed by atoms with E-state index in [1.54, 1.807) is 36.4 Å². The summed E-state index contributed by atoms with van der Waals surface area (Å²) >= 11 is 0. The van der Waals surface area contributed by atoms with Gasteiger partial charge in [-0.3, -0.25) is 4.79 Å². The van der Waals surface area contributed by atoms with Crippen molar-refractivity contribution in [1.82, 2.24) is 0 Å². The molecule has 2 aromatic rings. The molecule has 2 rings (SSSR count). The van der Waals surface area contributed by atoms with Crippen LogP contribution in [0.5, 0.6) is 5.75 Å². The maximum absolute atomic E-state index is 12.8. The van der Waals surface area contributed by atoms with Crippen LogP contribution in [0.25, 0.3) is 0 Å². The summed E-state index contributed by atoms with van der Waals surface area (Å²) in [5.74, 6) is 0.529. The van der Waals surface area contributed by atoms with Gasteiger partial charge in [-0.25, -0.2) is 4.39 Å². The van der Waals surface area contributed by atoms with E-state index in [4.69, 9.17) is 4.74 Å². The zero-order valence-electron chi connectivity index (χ0n) is 12.5. The van der Waals surface area contributed by atoms with E-state index in [-0.39, 0.29) is 11.6 Å². The Morgan fingerprint density at radius 1 is 1.00 bits per heavy atom. The van der Waals surface area contributed by atoms with Crippen LogP contribution < -0.4 is 4.74 Å². The summed E-state index contributed by atoms with van der Waals surface area (Å²) in [7, 11) is 0. The number of carbonyl (C=O) groups excluding carboxylic acids is 1. The summed E-state index contributed by atoms with van der Waals surface area (Å²) in [5.41, 5.74) is 1.18. The van der Waals surface area contributed by atoms with Gasteiger partial charge in [-0.2, -0.15) is 0 Å². The average molecular weight is 286 g/mol. The number of halogens is 1. The van der Waals surface area contributed by atoms with Gasteiger partial charge in [-0.1, -0.05) is 32.9 Å². The molecule has 0 spiro atoms. The maximum Gasteiger partial charge on any atom is 0.168 e. The van der Waals surface area contributed by atoms with Gasteiger partial charge >= 0.3 is 0 Å². The second-order valence-corrected chi connectivity index (χ2v) is 6.02. The molecule has 0 amide bonds. The maximum atomic E-state index is 12.8. The van der Waals surface area contributed by atoms with Crippen LogP contribution in [-0.2, 0) is 6.61 Å². The van der Waals surface area contributed by atoms with E-state index < -0.39 is 5.41 Å². The zero-order chi connectivity index (χ0) is 15.5. The van der Waals surface area contributed by atoms with Crippen LogP contribution in [0.15, 0.2) is 48.5 Å². The van der Waals surface area contributed by atoms with Crippen molar-refractivity contribution in [2.75, 3.05) is 0 Å². The van der Waals surface area contributed by atoms with Gasteiger partial charge in [0, 0.05) is 11.0 Å². The molecule has 2 aromatic carbocycles. The van der Waals surface area contributed by atoms with Crippen LogP contribution in [0.2, 0.25) is 0 Å². The predicted molar refractivity (Wildman–Crippen MR) is 81.0 cm³/mol. The third kappa shape index (κ3) is 4.15. The summed E-state index contributed by atoms with van der Waals surface area (Å²) in [4.78, 5) is 12.1. The monoisotopic (exact) mass is 286 g/mol. The molecule has 0 saturated carbocycles. The van der Waals surface area contributed by atoms with Crippen molar-refractivity contribution in [3.8, 4) is 5.75 Å². The molecule has 0 aliphatic rings. The molecule has 0 bridgehead atoms. The highest BCUT2D eigenvalue weighted by atomic mass is 19.1. The van der Waals surface area contributed by atoms with E-state index in [2.05, 4.69) is 0 Å². The summed E-state index contributed by atoms with van der Waals surface area (Å²) in [6.07, 6.45) is 0. The Labute approximate surface area is 124 Å². The summed E-state index contributed by atoms with van der Waals surface area (Å²) in [6, 6.07) is 13.3. The highest BCUT2D eigenvalue weighted by molar-refractivity contribution is 5.99. The van der Waals surface area contributed by atoms with Crippen LogP contribution >= 0.6 is 0 Å². The summed E-state index contributed by atoms with van der Waals surface area (Å²) in [6.45, 7) is 6.06. The van der Waals surface area contributed by atoms with E-state index in [0.717, 1.165) is 5.56 Å². The molecule has 0 fully saturated rings. The Kier molecular flexibility index (Phi) is 4.41. The highest BCUT2D eigenvalue weighted by Gasteiger charge is 2.22. The number of rotatable bonds is 4. The first-order chi connectivity index (χ1) is 9.86. The second-order valence-electron chi connectivity index (χ2n) is 6.02. The number of hydrogen-bond donors (Lipinski definition) is 0. The number of carbonyl (C=O) groups is 1. The van der Waals surface area contributed by atoms with Crippen LogP contribution in [-0.4, -0.2) is 5.78 Å². The molecule has 21 heavy (non-hydrogen) atoms. The van der Waals surface area contributed by atoms with E-state index in [0.29, 0.717) is 17.9 Å². The lowest BCUT2D eigenvalue weighted by atomic mass is 9.86. The van der Waals surface area contributed by atoms with E-state index >= 15 is 0 Å². The van der Waals surface area contributed by atoms with Gasteiger partial charge < -0.3 is 4.74 Å². The van der Waals surface area contributed by atoms with Crippen molar-refractivity contribution in [2.24, 2.45) is 5.41 Å². The zero-order valence-corrected chi connectivity index (χ0v) is 12.5. The fourth-order valence-corrected chi connectivity index (χ4v) is 1.88. The number of hydrogen-bond acceptors (Lipinski definition) is 2. The molecule has 0 radical (unpaired) electrons. The number of ether oxygens (including phenoxy) is 1. The van der Waals surface area contributed by atoms with Crippen molar-refractivity contribution < 1.29 is 13.9 Å². The standard InChI is InChI=1S/C18H19FO2/c1-18(2,3)17(20)14-6-10-16(11-7-14)21-12-13-4-8-15(19)9-5-13/h4-11H,12H2,1-3H3. The quantitative estimate of drug-likeness (QED) is 0.766. The normalized spacial score (nSPS) is 11.2. The molecule has 0 aliphatic heterocycles. The Hall–Kier alpha value is -2.16. The first kappa shape index (κ1) is 15.2.